The van der Waals surface area contributed by atoms with Crippen LogP contribution in [0.5, 0.6) is 11.5 Å². The number of Topliss-reactive ketones (excluding diaryl/α,β-unsaturated/α-hetero) is 1. The van der Waals surface area contributed by atoms with Crippen LogP contribution in [0.15, 0.2) is 60.2 Å². The van der Waals surface area contributed by atoms with E-state index in [1.165, 1.54) is 43.5 Å². The van der Waals surface area contributed by atoms with E-state index in [1.807, 2.05) is 0 Å². The van der Waals surface area contributed by atoms with Crippen molar-refractivity contribution < 1.29 is 33.3 Å². The molecule has 0 aromatic heterocycles. The number of halogens is 4. The van der Waals surface area contributed by atoms with Gasteiger partial charge in [0, 0.05) is 17.3 Å². The van der Waals surface area contributed by atoms with Crippen molar-refractivity contribution in [2.24, 2.45) is 0 Å². The molecule has 2 N–H and O–H groups in total. The summed E-state index contributed by atoms with van der Waals surface area (Å²) in [6.07, 6.45) is 0. The lowest BCUT2D eigenvalue weighted by Crippen LogP contribution is -2.29. The fraction of sp³-hybridized carbons (Fsp3) is 0.0833. The van der Waals surface area contributed by atoms with Gasteiger partial charge in [0.05, 0.1) is 28.8 Å². The van der Waals surface area contributed by atoms with Crippen LogP contribution in [0, 0.1) is 11.6 Å². The van der Waals surface area contributed by atoms with Crippen molar-refractivity contribution in [2.75, 3.05) is 12.0 Å². The number of carbonyl (C=O) groups is 2. The van der Waals surface area contributed by atoms with E-state index in [-0.39, 0.29) is 43.9 Å². The Morgan fingerprint density at radius 1 is 0.971 bits per heavy atom. The molecule has 1 aliphatic heterocycles. The Kier molecular flexibility index (Phi) is 6.20. The van der Waals surface area contributed by atoms with Gasteiger partial charge in [-0.25, -0.2) is 8.78 Å². The standard InChI is InChI=1S/C24H15Cl2F2NO5/c1-34-19-9-12(2-5-14(19)25)22(31)20-21(11-3-7-18(30)15(26)8-11)29(24(33)23(20)32)13-4-6-16(27)17(28)10-13/h2-10,21,30-31H,1H3/b22-20+. The summed E-state index contributed by atoms with van der Waals surface area (Å²) in [7, 11) is 1.37. The molecule has 3 aromatic rings. The number of rotatable bonds is 4. The highest BCUT2D eigenvalue weighted by Gasteiger charge is 2.47. The van der Waals surface area contributed by atoms with Crippen molar-refractivity contribution in [2.45, 2.75) is 6.04 Å². The second-order valence-corrected chi connectivity index (χ2v) is 8.14. The number of aromatic hydroxyl groups is 1. The molecule has 174 valence electrons. The van der Waals surface area contributed by atoms with Crippen molar-refractivity contribution in [3.8, 4) is 11.5 Å². The van der Waals surface area contributed by atoms with Crippen molar-refractivity contribution >= 4 is 46.3 Å². The van der Waals surface area contributed by atoms with Crippen molar-refractivity contribution in [3.63, 3.8) is 0 Å². The number of hydrogen-bond acceptors (Lipinski definition) is 5. The fourth-order valence-corrected chi connectivity index (χ4v) is 4.09. The number of hydrogen-bond donors (Lipinski definition) is 2. The number of nitrogens with zero attached hydrogens (tertiary/aromatic N) is 1. The molecule has 1 unspecified atom stereocenters. The highest BCUT2D eigenvalue weighted by Crippen LogP contribution is 2.44. The maximum absolute atomic E-state index is 14.0. The van der Waals surface area contributed by atoms with E-state index in [4.69, 9.17) is 27.9 Å². The lowest BCUT2D eigenvalue weighted by Gasteiger charge is -2.25. The maximum Gasteiger partial charge on any atom is 0.300 e. The van der Waals surface area contributed by atoms with Gasteiger partial charge in [0.1, 0.15) is 17.3 Å². The van der Waals surface area contributed by atoms with Crippen molar-refractivity contribution in [1.29, 1.82) is 0 Å². The lowest BCUT2D eigenvalue weighted by molar-refractivity contribution is -0.132. The van der Waals surface area contributed by atoms with Gasteiger partial charge in [-0.05, 0) is 48.0 Å². The first-order valence-electron chi connectivity index (χ1n) is 9.72. The number of aliphatic hydroxyl groups excluding tert-OH is 1. The van der Waals surface area contributed by atoms with Crippen LogP contribution >= 0.6 is 23.2 Å². The topological polar surface area (TPSA) is 87.1 Å². The molecule has 0 radical (unpaired) electrons. The summed E-state index contributed by atoms with van der Waals surface area (Å²) < 4.78 is 32.7. The summed E-state index contributed by atoms with van der Waals surface area (Å²) in [4.78, 5) is 27.1. The van der Waals surface area contributed by atoms with Crippen LogP contribution < -0.4 is 9.64 Å². The zero-order chi connectivity index (χ0) is 24.7. The fourth-order valence-electron chi connectivity index (χ4n) is 3.70. The Balaban J connectivity index is 1.98. The second kappa shape index (κ2) is 8.96. The van der Waals surface area contributed by atoms with Crippen LogP contribution in [-0.4, -0.2) is 29.0 Å². The van der Waals surface area contributed by atoms with E-state index in [9.17, 15) is 28.6 Å². The van der Waals surface area contributed by atoms with Crippen LogP contribution in [0.4, 0.5) is 14.5 Å². The molecule has 1 atom stereocenters. The molecule has 1 aliphatic rings. The third kappa shape index (κ3) is 3.95. The predicted molar refractivity (Wildman–Crippen MR) is 122 cm³/mol. The highest BCUT2D eigenvalue weighted by molar-refractivity contribution is 6.51. The van der Waals surface area contributed by atoms with Gasteiger partial charge < -0.3 is 14.9 Å². The molecule has 4 rings (SSSR count). The average molecular weight is 506 g/mol. The molecule has 10 heteroatoms. The van der Waals surface area contributed by atoms with E-state index < -0.39 is 35.1 Å². The zero-order valence-corrected chi connectivity index (χ0v) is 18.9. The predicted octanol–water partition coefficient (Wildman–Crippen LogP) is 5.61. The number of anilines is 1. The van der Waals surface area contributed by atoms with Gasteiger partial charge in [0.2, 0.25) is 0 Å². The quantitative estimate of drug-likeness (QED) is 0.273. The first kappa shape index (κ1) is 23.5. The monoisotopic (exact) mass is 505 g/mol. The number of aliphatic hydroxyl groups is 1. The first-order chi connectivity index (χ1) is 16.1. The molecular formula is C24H15Cl2F2NO5. The molecule has 1 amide bonds. The van der Waals surface area contributed by atoms with Gasteiger partial charge >= 0.3 is 0 Å². The second-order valence-electron chi connectivity index (χ2n) is 7.33. The first-order valence-corrected chi connectivity index (χ1v) is 10.5. The van der Waals surface area contributed by atoms with Gasteiger partial charge in [0.25, 0.3) is 11.7 Å². The smallest absolute Gasteiger partial charge is 0.300 e. The van der Waals surface area contributed by atoms with Crippen LogP contribution in [0.2, 0.25) is 10.0 Å². The van der Waals surface area contributed by atoms with Crippen LogP contribution in [-0.2, 0) is 9.59 Å². The Labute approximate surface area is 202 Å². The van der Waals surface area contributed by atoms with Crippen molar-refractivity contribution in [3.05, 3.63) is 93.0 Å². The Bertz CT molecular complexity index is 1380. The van der Waals surface area contributed by atoms with Crippen LogP contribution in [0.3, 0.4) is 0 Å². The zero-order valence-electron chi connectivity index (χ0n) is 17.4. The number of amides is 1. The van der Waals surface area contributed by atoms with Gasteiger partial charge in [0.15, 0.2) is 11.6 Å². The van der Waals surface area contributed by atoms with Crippen LogP contribution in [0.1, 0.15) is 17.2 Å². The molecule has 0 aliphatic carbocycles. The number of methoxy groups -OCH3 is 1. The summed E-state index contributed by atoms with van der Waals surface area (Å²) >= 11 is 12.1. The maximum atomic E-state index is 14.0. The van der Waals surface area contributed by atoms with E-state index >= 15 is 0 Å². The number of ketones is 1. The number of phenols is 1. The van der Waals surface area contributed by atoms with Gasteiger partial charge in [-0.15, -0.1) is 0 Å². The van der Waals surface area contributed by atoms with Gasteiger partial charge in [-0.3, -0.25) is 14.5 Å². The van der Waals surface area contributed by atoms with E-state index in [2.05, 4.69) is 0 Å². The van der Waals surface area contributed by atoms with E-state index in [0.29, 0.717) is 0 Å². The molecule has 1 fully saturated rings. The number of phenolic OH excluding ortho intramolecular Hbond substituents is 1. The molecular weight excluding hydrogens is 491 g/mol. The molecule has 0 bridgehead atoms. The Morgan fingerprint density at radius 3 is 2.35 bits per heavy atom. The largest absolute Gasteiger partial charge is 0.507 e. The summed E-state index contributed by atoms with van der Waals surface area (Å²) in [6, 6.07) is 9.61. The Morgan fingerprint density at radius 2 is 1.71 bits per heavy atom. The molecule has 6 nitrogen and oxygen atoms in total. The minimum absolute atomic E-state index is 0.0819. The normalized spacial score (nSPS) is 17.3. The Hall–Kier alpha value is -3.62. The number of carbonyl (C=O) groups excluding carboxylic acids is 2. The molecule has 0 saturated carbocycles. The third-order valence-corrected chi connectivity index (χ3v) is 5.95. The van der Waals surface area contributed by atoms with Gasteiger partial charge in [-0.2, -0.15) is 0 Å². The third-order valence-electron chi connectivity index (χ3n) is 5.34. The molecule has 34 heavy (non-hydrogen) atoms. The van der Waals surface area contributed by atoms with E-state index in [0.717, 1.165) is 23.1 Å². The van der Waals surface area contributed by atoms with Crippen LogP contribution in [0.25, 0.3) is 5.76 Å². The van der Waals surface area contributed by atoms with E-state index in [1.54, 1.807) is 0 Å². The van der Waals surface area contributed by atoms with Gasteiger partial charge in [-0.1, -0.05) is 29.3 Å². The average Bonchev–Trinajstić information content (AvgIpc) is 3.08. The molecule has 1 heterocycles. The summed E-state index contributed by atoms with van der Waals surface area (Å²) in [5.41, 5.74) is -0.0996. The SMILES string of the molecule is COc1cc(/C(O)=C2\C(=O)C(=O)N(c3ccc(F)c(F)c3)C2c2ccc(O)c(Cl)c2)ccc1Cl. The molecule has 1 saturated heterocycles. The minimum Gasteiger partial charge on any atom is -0.507 e. The summed E-state index contributed by atoms with van der Waals surface area (Å²) in [6.45, 7) is 0. The number of benzene rings is 3. The lowest BCUT2D eigenvalue weighted by atomic mass is 9.95. The highest BCUT2D eigenvalue weighted by atomic mass is 35.5. The van der Waals surface area contributed by atoms with Crippen molar-refractivity contribution in [1.82, 2.24) is 0 Å². The molecule has 0 spiro atoms. The summed E-state index contributed by atoms with van der Waals surface area (Å²) in [5.74, 6) is -5.11. The molecule has 3 aromatic carbocycles. The minimum atomic E-state index is -1.27. The summed E-state index contributed by atoms with van der Waals surface area (Å²) in [5, 5.41) is 21.1. The number of ether oxygens (including phenoxy) is 1.